The van der Waals surface area contributed by atoms with Gasteiger partial charge in [0, 0.05) is 17.8 Å². The Labute approximate surface area is 188 Å². The molecule has 0 spiro atoms. The van der Waals surface area contributed by atoms with Crippen LogP contribution < -0.4 is 10.3 Å². The van der Waals surface area contributed by atoms with Crippen LogP contribution >= 0.6 is 0 Å². The predicted octanol–water partition coefficient (Wildman–Crippen LogP) is 4.77. The Kier molecular flexibility index (Phi) is 4.59. The Balaban J connectivity index is 1.80. The smallest absolute Gasteiger partial charge is 0.296 e. The van der Waals surface area contributed by atoms with Crippen molar-refractivity contribution >= 4 is 28.4 Å². The lowest BCUT2D eigenvalue weighted by atomic mass is 9.97. The summed E-state index contributed by atoms with van der Waals surface area (Å²) in [7, 11) is 0. The molecule has 33 heavy (non-hydrogen) atoms. The highest BCUT2D eigenvalue weighted by atomic mass is 16.6. The summed E-state index contributed by atoms with van der Waals surface area (Å²) >= 11 is 0. The van der Waals surface area contributed by atoms with Gasteiger partial charge in [-0.25, -0.2) is 4.98 Å². The third kappa shape index (κ3) is 3.18. The van der Waals surface area contributed by atoms with Crippen LogP contribution in [0.25, 0.3) is 11.0 Å². The number of rotatable bonds is 3. The lowest BCUT2D eigenvalue weighted by Crippen LogP contribution is -2.30. The Morgan fingerprint density at radius 1 is 1.00 bits per heavy atom. The molecule has 0 bridgehead atoms. The van der Waals surface area contributed by atoms with Crippen molar-refractivity contribution in [3.8, 4) is 0 Å². The molecule has 8 heteroatoms. The fourth-order valence-electron chi connectivity index (χ4n) is 4.22. The van der Waals surface area contributed by atoms with Crippen molar-refractivity contribution in [2.24, 2.45) is 0 Å². The summed E-state index contributed by atoms with van der Waals surface area (Å²) in [5.41, 5.74) is 3.29. The van der Waals surface area contributed by atoms with Crippen LogP contribution in [0.3, 0.4) is 0 Å². The van der Waals surface area contributed by atoms with E-state index in [9.17, 15) is 19.7 Å². The van der Waals surface area contributed by atoms with E-state index in [2.05, 4.69) is 4.98 Å². The number of pyridine rings is 1. The number of non-ortho nitro benzene ring substituents is 1. The zero-order chi connectivity index (χ0) is 23.4. The van der Waals surface area contributed by atoms with Crippen LogP contribution in [0, 0.1) is 30.9 Å². The number of nitro groups is 1. The first kappa shape index (κ1) is 20.6. The summed E-state index contributed by atoms with van der Waals surface area (Å²) < 4.78 is 6.00. The number of amides is 1. The van der Waals surface area contributed by atoms with E-state index in [-0.39, 0.29) is 22.4 Å². The maximum atomic E-state index is 13.7. The summed E-state index contributed by atoms with van der Waals surface area (Å²) in [6, 6.07) is 13.8. The molecule has 5 rings (SSSR count). The standard InChI is InChI=1S/C25H19N3O5/c1-13-11-18-19(12-14(13)2)33-24-21(23(18)29)22(16-7-9-17(10-8-16)28(31)32)27(25(24)30)20-6-4-5-15(3)26-20/h4-12,22H,1-3H3/t22-/m1/s1. The fraction of sp³-hybridized carbons (Fsp3) is 0.160. The van der Waals surface area contributed by atoms with Crippen LogP contribution in [0.2, 0.25) is 0 Å². The van der Waals surface area contributed by atoms with Gasteiger partial charge >= 0.3 is 0 Å². The molecule has 1 aliphatic rings. The number of aromatic nitrogens is 1. The highest BCUT2D eigenvalue weighted by molar-refractivity contribution is 6.10. The Morgan fingerprint density at radius 2 is 1.70 bits per heavy atom. The maximum absolute atomic E-state index is 13.7. The van der Waals surface area contributed by atoms with E-state index in [1.54, 1.807) is 49.4 Å². The minimum Gasteiger partial charge on any atom is -0.450 e. The number of nitrogens with zero attached hydrogens (tertiary/aromatic N) is 3. The Morgan fingerprint density at radius 3 is 2.36 bits per heavy atom. The fourth-order valence-corrected chi connectivity index (χ4v) is 4.22. The molecule has 1 aliphatic heterocycles. The van der Waals surface area contributed by atoms with E-state index in [1.165, 1.54) is 17.0 Å². The number of hydrogen-bond acceptors (Lipinski definition) is 6. The summed E-state index contributed by atoms with van der Waals surface area (Å²) in [5, 5.41) is 11.5. The number of benzene rings is 2. The first-order valence-electron chi connectivity index (χ1n) is 10.4. The van der Waals surface area contributed by atoms with Crippen molar-refractivity contribution in [1.29, 1.82) is 0 Å². The average Bonchev–Trinajstić information content (AvgIpc) is 3.08. The van der Waals surface area contributed by atoms with Gasteiger partial charge < -0.3 is 4.42 Å². The van der Waals surface area contributed by atoms with E-state index < -0.39 is 16.9 Å². The number of anilines is 1. The van der Waals surface area contributed by atoms with Gasteiger partial charge in [-0.3, -0.25) is 24.6 Å². The Hall–Kier alpha value is -4.33. The summed E-state index contributed by atoms with van der Waals surface area (Å²) in [6.45, 7) is 5.62. The first-order valence-corrected chi connectivity index (χ1v) is 10.4. The average molecular weight is 441 g/mol. The van der Waals surface area contributed by atoms with E-state index in [4.69, 9.17) is 4.42 Å². The first-order chi connectivity index (χ1) is 15.8. The van der Waals surface area contributed by atoms with E-state index in [1.807, 2.05) is 13.8 Å². The molecule has 2 aromatic carbocycles. The lowest BCUT2D eigenvalue weighted by molar-refractivity contribution is -0.384. The van der Waals surface area contributed by atoms with Crippen LogP contribution in [-0.2, 0) is 0 Å². The van der Waals surface area contributed by atoms with Gasteiger partial charge in [0.2, 0.25) is 5.76 Å². The zero-order valence-electron chi connectivity index (χ0n) is 18.2. The number of carbonyl (C=O) groups excluding carboxylic acids is 1. The number of aryl methyl sites for hydroxylation is 3. The molecule has 1 amide bonds. The van der Waals surface area contributed by atoms with Gasteiger partial charge in [0.05, 0.1) is 21.9 Å². The second kappa shape index (κ2) is 7.37. The minimum absolute atomic E-state index is 0.0394. The molecule has 1 atom stereocenters. The van der Waals surface area contributed by atoms with Gasteiger partial charge in [-0.15, -0.1) is 0 Å². The molecule has 0 aliphatic carbocycles. The molecule has 164 valence electrons. The van der Waals surface area contributed by atoms with Gasteiger partial charge in [-0.1, -0.05) is 6.07 Å². The number of fused-ring (bicyclic) bond motifs is 2. The number of hydrogen-bond donors (Lipinski definition) is 0. The monoisotopic (exact) mass is 441 g/mol. The highest BCUT2D eigenvalue weighted by Gasteiger charge is 2.44. The van der Waals surface area contributed by atoms with Crippen molar-refractivity contribution in [3.05, 3.63) is 109 Å². The second-order valence-corrected chi connectivity index (χ2v) is 8.17. The number of nitro benzene ring substituents is 1. The molecule has 0 saturated heterocycles. The van der Waals surface area contributed by atoms with Crippen molar-refractivity contribution in [1.82, 2.24) is 4.98 Å². The third-order valence-electron chi connectivity index (χ3n) is 6.03. The van der Waals surface area contributed by atoms with E-state index in [0.717, 1.165) is 11.1 Å². The lowest BCUT2D eigenvalue weighted by Gasteiger charge is -2.24. The van der Waals surface area contributed by atoms with Crippen LogP contribution in [-0.4, -0.2) is 15.8 Å². The third-order valence-corrected chi connectivity index (χ3v) is 6.03. The highest BCUT2D eigenvalue weighted by Crippen LogP contribution is 2.41. The van der Waals surface area contributed by atoms with Gasteiger partial charge in [-0.2, -0.15) is 0 Å². The molecule has 0 unspecified atom stereocenters. The largest absolute Gasteiger partial charge is 0.450 e. The molecular formula is C25H19N3O5. The van der Waals surface area contributed by atoms with Crippen molar-refractivity contribution in [3.63, 3.8) is 0 Å². The molecule has 3 heterocycles. The van der Waals surface area contributed by atoms with Crippen molar-refractivity contribution in [2.45, 2.75) is 26.8 Å². The number of carbonyl (C=O) groups is 1. The van der Waals surface area contributed by atoms with Crippen LogP contribution in [0.1, 0.15) is 44.5 Å². The van der Waals surface area contributed by atoms with E-state index >= 15 is 0 Å². The quantitative estimate of drug-likeness (QED) is 0.335. The normalized spacial score (nSPS) is 15.2. The molecule has 8 nitrogen and oxygen atoms in total. The molecule has 0 fully saturated rings. The molecule has 0 N–H and O–H groups in total. The van der Waals surface area contributed by atoms with Gasteiger partial charge in [-0.05, 0) is 73.9 Å². The zero-order valence-corrected chi connectivity index (χ0v) is 18.2. The molecule has 0 radical (unpaired) electrons. The van der Waals surface area contributed by atoms with Crippen LogP contribution in [0.5, 0.6) is 0 Å². The van der Waals surface area contributed by atoms with Crippen LogP contribution in [0.4, 0.5) is 11.5 Å². The Bertz CT molecular complexity index is 1520. The predicted molar refractivity (Wildman–Crippen MR) is 123 cm³/mol. The summed E-state index contributed by atoms with van der Waals surface area (Å²) in [5.74, 6) is -0.156. The van der Waals surface area contributed by atoms with Crippen LogP contribution in [0.15, 0.2) is 63.8 Å². The van der Waals surface area contributed by atoms with Gasteiger partial charge in [0.15, 0.2) is 5.43 Å². The molecule has 0 saturated carbocycles. The van der Waals surface area contributed by atoms with Gasteiger partial charge in [0.25, 0.3) is 11.6 Å². The summed E-state index contributed by atoms with van der Waals surface area (Å²) in [6.07, 6.45) is 0. The van der Waals surface area contributed by atoms with Crippen molar-refractivity contribution < 1.29 is 14.1 Å². The molecular weight excluding hydrogens is 422 g/mol. The van der Waals surface area contributed by atoms with Gasteiger partial charge in [0.1, 0.15) is 11.4 Å². The molecule has 2 aromatic heterocycles. The second-order valence-electron chi connectivity index (χ2n) is 8.17. The SMILES string of the molecule is Cc1cccc(N2C(=O)c3oc4cc(C)c(C)cc4c(=O)c3[C@H]2c2ccc([N+](=O)[O-])cc2)n1. The summed E-state index contributed by atoms with van der Waals surface area (Å²) in [4.78, 5) is 43.8. The molecule has 4 aromatic rings. The van der Waals surface area contributed by atoms with E-state index in [0.29, 0.717) is 28.0 Å². The maximum Gasteiger partial charge on any atom is 0.296 e. The minimum atomic E-state index is -0.829. The van der Waals surface area contributed by atoms with Crippen molar-refractivity contribution in [2.75, 3.05) is 4.90 Å². The topological polar surface area (TPSA) is 107 Å².